The number of piperidine rings is 1. The average molecular weight is 335 g/mol. The van der Waals surface area contributed by atoms with Gasteiger partial charge in [0, 0.05) is 31.3 Å². The second-order valence-corrected chi connectivity index (χ2v) is 6.50. The van der Waals surface area contributed by atoms with Crippen LogP contribution in [0.1, 0.15) is 24.8 Å². The summed E-state index contributed by atoms with van der Waals surface area (Å²) in [6.45, 7) is 4.63. The van der Waals surface area contributed by atoms with Crippen LogP contribution < -0.4 is 5.32 Å². The molecule has 0 aromatic carbocycles. The van der Waals surface area contributed by atoms with Crippen molar-refractivity contribution in [1.29, 1.82) is 0 Å². The molecule has 2 amide bonds. The average Bonchev–Trinajstić information content (AvgIpc) is 3.16. The molecule has 3 rings (SSSR count). The largest absolute Gasteiger partial charge is 0.401 e. The molecule has 0 spiro atoms. The predicted molar refractivity (Wildman–Crippen MR) is 83.8 cm³/mol. The predicted octanol–water partition coefficient (Wildman–Crippen LogP) is 1.70. The van der Waals surface area contributed by atoms with Crippen LogP contribution in [0.5, 0.6) is 0 Å². The summed E-state index contributed by atoms with van der Waals surface area (Å²) in [6, 6.07) is 0.0738. The minimum absolute atomic E-state index is 0.0453. The number of hydrogen-bond acceptors (Lipinski definition) is 7. The molecule has 8 nitrogen and oxygen atoms in total. The van der Waals surface area contributed by atoms with Gasteiger partial charge in [0.15, 0.2) is 0 Å². The molecule has 0 radical (unpaired) electrons. The Morgan fingerprint density at radius 2 is 2.09 bits per heavy atom. The van der Waals surface area contributed by atoms with E-state index in [1.54, 1.807) is 11.8 Å². The van der Waals surface area contributed by atoms with Gasteiger partial charge in [0.05, 0.1) is 5.01 Å². The Balaban J connectivity index is 1.58. The maximum Gasteiger partial charge on any atom is 0.322 e. The van der Waals surface area contributed by atoms with Crippen molar-refractivity contribution in [3.05, 3.63) is 10.4 Å². The third-order valence-corrected chi connectivity index (χ3v) is 4.58. The van der Waals surface area contributed by atoms with Crippen LogP contribution in [0.15, 0.2) is 9.80 Å². The molecule has 0 bridgehead atoms. The number of nitrogens with one attached hydrogen (secondary N) is 1. The van der Waals surface area contributed by atoms with Crippen LogP contribution in [0.3, 0.4) is 0 Å². The van der Waals surface area contributed by atoms with Crippen molar-refractivity contribution in [2.45, 2.75) is 26.7 Å². The topological polar surface area (TPSA) is 101 Å². The van der Waals surface area contributed by atoms with Gasteiger partial charge in [0.1, 0.15) is 5.69 Å². The van der Waals surface area contributed by atoms with Gasteiger partial charge in [-0.2, -0.15) is 0 Å². The SMILES string of the molecule is CC(=O)N1CCC(C(=O)Nc2nnc(-c3csc(C)n3)o2)CC1. The summed E-state index contributed by atoms with van der Waals surface area (Å²) >= 11 is 1.49. The first kappa shape index (κ1) is 15.6. The Bertz CT molecular complexity index is 718. The van der Waals surface area contributed by atoms with Gasteiger partial charge >= 0.3 is 6.01 Å². The first-order valence-electron chi connectivity index (χ1n) is 7.35. The number of likely N-dealkylation sites (tertiary alicyclic amines) is 1. The molecule has 1 fully saturated rings. The molecule has 1 aliphatic heterocycles. The molecule has 122 valence electrons. The van der Waals surface area contributed by atoms with Crippen LogP contribution in [0.4, 0.5) is 6.01 Å². The van der Waals surface area contributed by atoms with Crippen LogP contribution >= 0.6 is 11.3 Å². The highest BCUT2D eigenvalue weighted by atomic mass is 32.1. The molecular formula is C14H17N5O3S. The third kappa shape index (κ3) is 3.55. The van der Waals surface area contributed by atoms with Gasteiger partial charge in [-0.25, -0.2) is 4.98 Å². The first-order valence-corrected chi connectivity index (χ1v) is 8.23. The molecule has 9 heteroatoms. The molecular weight excluding hydrogens is 318 g/mol. The van der Waals surface area contributed by atoms with Crippen LogP contribution in [0, 0.1) is 12.8 Å². The Hall–Kier alpha value is -2.29. The van der Waals surface area contributed by atoms with Crippen molar-refractivity contribution < 1.29 is 14.0 Å². The van der Waals surface area contributed by atoms with Crippen LogP contribution in [-0.4, -0.2) is 45.0 Å². The smallest absolute Gasteiger partial charge is 0.322 e. The Kier molecular flexibility index (Phi) is 4.37. The summed E-state index contributed by atoms with van der Waals surface area (Å²) < 4.78 is 5.43. The minimum atomic E-state index is -0.155. The van der Waals surface area contributed by atoms with Crippen molar-refractivity contribution in [2.75, 3.05) is 18.4 Å². The number of nitrogens with zero attached hydrogens (tertiary/aromatic N) is 4. The molecule has 23 heavy (non-hydrogen) atoms. The minimum Gasteiger partial charge on any atom is -0.401 e. The molecule has 3 heterocycles. The molecule has 1 N–H and O–H groups in total. The van der Waals surface area contributed by atoms with Crippen molar-refractivity contribution >= 4 is 29.2 Å². The van der Waals surface area contributed by atoms with E-state index in [-0.39, 0.29) is 29.6 Å². The van der Waals surface area contributed by atoms with Gasteiger partial charge in [0.2, 0.25) is 11.8 Å². The van der Waals surface area contributed by atoms with Gasteiger partial charge < -0.3 is 9.32 Å². The van der Waals surface area contributed by atoms with E-state index in [4.69, 9.17) is 4.42 Å². The number of aromatic nitrogens is 3. The van der Waals surface area contributed by atoms with Crippen molar-refractivity contribution in [3.63, 3.8) is 0 Å². The van der Waals surface area contributed by atoms with E-state index < -0.39 is 0 Å². The number of rotatable bonds is 3. The number of thiazole rings is 1. The highest BCUT2D eigenvalue weighted by molar-refractivity contribution is 7.09. The normalized spacial score (nSPS) is 15.7. The molecule has 2 aromatic rings. The second-order valence-electron chi connectivity index (χ2n) is 5.43. The van der Waals surface area contributed by atoms with Crippen LogP contribution in [0.25, 0.3) is 11.6 Å². The fourth-order valence-corrected chi connectivity index (χ4v) is 3.09. The number of aryl methyl sites for hydroxylation is 1. The standard InChI is InChI=1S/C14H17N5O3S/c1-8-15-11(7-23-8)13-17-18-14(22-13)16-12(21)10-3-5-19(6-4-10)9(2)20/h7,10H,3-6H2,1-2H3,(H,16,18,21). The lowest BCUT2D eigenvalue weighted by Gasteiger charge is -2.30. The van der Waals surface area contributed by atoms with E-state index in [2.05, 4.69) is 20.5 Å². The number of anilines is 1. The van der Waals surface area contributed by atoms with Gasteiger partial charge in [0.25, 0.3) is 5.89 Å². The third-order valence-electron chi connectivity index (χ3n) is 3.80. The highest BCUT2D eigenvalue weighted by Crippen LogP contribution is 2.23. The molecule has 0 atom stereocenters. The van der Waals surface area contributed by atoms with E-state index in [9.17, 15) is 9.59 Å². The summed E-state index contributed by atoms with van der Waals surface area (Å²) in [6.07, 6.45) is 1.27. The number of hydrogen-bond donors (Lipinski definition) is 1. The zero-order valence-corrected chi connectivity index (χ0v) is 13.7. The quantitative estimate of drug-likeness (QED) is 0.916. The summed E-state index contributed by atoms with van der Waals surface area (Å²) in [4.78, 5) is 29.5. The molecule has 0 saturated carbocycles. The van der Waals surface area contributed by atoms with Crippen molar-refractivity contribution in [1.82, 2.24) is 20.1 Å². The van der Waals surface area contributed by atoms with Crippen molar-refractivity contribution in [3.8, 4) is 11.6 Å². The van der Waals surface area contributed by atoms with E-state index in [0.717, 1.165) is 5.01 Å². The number of carbonyl (C=O) groups is 2. The van der Waals surface area contributed by atoms with Gasteiger partial charge in [-0.3, -0.25) is 14.9 Å². The maximum absolute atomic E-state index is 12.2. The lowest BCUT2D eigenvalue weighted by atomic mass is 9.96. The first-order chi connectivity index (χ1) is 11.0. The molecule has 1 saturated heterocycles. The zero-order chi connectivity index (χ0) is 16.4. The summed E-state index contributed by atoms with van der Waals surface area (Å²) in [5.74, 6) is 0.0281. The Morgan fingerprint density at radius 3 is 2.70 bits per heavy atom. The second kappa shape index (κ2) is 6.45. The fraction of sp³-hybridized carbons (Fsp3) is 0.500. The number of amides is 2. The van der Waals surface area contributed by atoms with Crippen LogP contribution in [-0.2, 0) is 9.59 Å². The van der Waals surface area contributed by atoms with Gasteiger partial charge in [-0.1, -0.05) is 5.10 Å². The Labute approximate surface area is 136 Å². The zero-order valence-electron chi connectivity index (χ0n) is 12.9. The Morgan fingerprint density at radius 1 is 1.35 bits per heavy atom. The molecule has 0 unspecified atom stereocenters. The van der Waals surface area contributed by atoms with Crippen molar-refractivity contribution in [2.24, 2.45) is 5.92 Å². The van der Waals surface area contributed by atoms with E-state index in [0.29, 0.717) is 31.6 Å². The van der Waals surface area contributed by atoms with E-state index in [1.807, 2.05) is 12.3 Å². The maximum atomic E-state index is 12.2. The van der Waals surface area contributed by atoms with E-state index >= 15 is 0 Å². The lowest BCUT2D eigenvalue weighted by molar-refractivity contribution is -0.132. The molecule has 2 aromatic heterocycles. The fourth-order valence-electron chi connectivity index (χ4n) is 2.50. The van der Waals surface area contributed by atoms with Gasteiger partial charge in [-0.15, -0.1) is 16.4 Å². The summed E-state index contributed by atoms with van der Waals surface area (Å²) in [5, 5.41) is 13.1. The molecule has 1 aliphatic rings. The summed E-state index contributed by atoms with van der Waals surface area (Å²) in [7, 11) is 0. The molecule has 0 aliphatic carbocycles. The number of carbonyl (C=O) groups excluding carboxylic acids is 2. The lowest BCUT2D eigenvalue weighted by Crippen LogP contribution is -2.40. The van der Waals surface area contributed by atoms with Gasteiger partial charge in [-0.05, 0) is 19.8 Å². The van der Waals surface area contributed by atoms with E-state index in [1.165, 1.54) is 11.3 Å². The highest BCUT2D eigenvalue weighted by Gasteiger charge is 2.27. The summed E-state index contributed by atoms with van der Waals surface area (Å²) in [5.41, 5.74) is 0.607. The monoisotopic (exact) mass is 335 g/mol. The van der Waals surface area contributed by atoms with Crippen LogP contribution in [0.2, 0.25) is 0 Å².